The molecule has 246 valence electrons. The summed E-state index contributed by atoms with van der Waals surface area (Å²) in [6, 6.07) is 61.1. The molecule has 11 rings (SSSR count). The molecule has 0 spiro atoms. The summed E-state index contributed by atoms with van der Waals surface area (Å²) in [5.74, 6) is 0. The normalized spacial score (nSPS) is 13.3. The number of anilines is 3. The number of nitrogens with zero attached hydrogens (tertiary/aromatic N) is 1. The summed E-state index contributed by atoms with van der Waals surface area (Å²) in [5, 5.41) is 7.94. The van der Waals surface area contributed by atoms with Crippen molar-refractivity contribution < 1.29 is 0 Å². The Labute approximate surface area is 310 Å². The average Bonchev–Trinajstić information content (AvgIpc) is 3.83. The van der Waals surface area contributed by atoms with E-state index in [1.807, 2.05) is 22.7 Å². The zero-order valence-corrected chi connectivity index (χ0v) is 30.5. The fourth-order valence-corrected chi connectivity index (χ4v) is 11.1. The van der Waals surface area contributed by atoms with E-state index in [-0.39, 0.29) is 5.41 Å². The molecule has 0 fully saturated rings. The minimum Gasteiger partial charge on any atom is -0.310 e. The van der Waals surface area contributed by atoms with Crippen LogP contribution in [0.4, 0.5) is 17.1 Å². The number of hydrogen-bond donors (Lipinski definition) is 0. The van der Waals surface area contributed by atoms with Gasteiger partial charge in [-0.15, -0.1) is 22.7 Å². The molecule has 0 amide bonds. The summed E-state index contributed by atoms with van der Waals surface area (Å²) in [6.07, 6.45) is 0. The van der Waals surface area contributed by atoms with Crippen molar-refractivity contribution in [3.05, 3.63) is 175 Å². The Hall–Kier alpha value is -5.74. The Morgan fingerprint density at radius 1 is 0.423 bits per heavy atom. The maximum Gasteiger partial charge on any atom is 0.0543 e. The lowest BCUT2D eigenvalue weighted by atomic mass is 9.82. The molecule has 0 bridgehead atoms. The monoisotopic (exact) mass is 699 g/mol. The van der Waals surface area contributed by atoms with E-state index in [0.717, 1.165) is 5.69 Å². The minimum absolute atomic E-state index is 0.0829. The number of hydrogen-bond acceptors (Lipinski definition) is 3. The lowest BCUT2D eigenvalue weighted by Crippen LogP contribution is -2.16. The van der Waals surface area contributed by atoms with Crippen molar-refractivity contribution in [2.45, 2.75) is 19.3 Å². The molecular formula is C49H33NS2. The van der Waals surface area contributed by atoms with Crippen LogP contribution >= 0.6 is 22.7 Å². The molecule has 8 aromatic carbocycles. The topological polar surface area (TPSA) is 3.24 Å². The van der Waals surface area contributed by atoms with Gasteiger partial charge in [0.05, 0.1) is 5.69 Å². The summed E-state index contributed by atoms with van der Waals surface area (Å²) >= 11 is 3.75. The van der Waals surface area contributed by atoms with Gasteiger partial charge in [0, 0.05) is 62.7 Å². The van der Waals surface area contributed by atoms with Crippen molar-refractivity contribution in [1.29, 1.82) is 0 Å². The minimum atomic E-state index is -0.0829. The first-order valence-corrected chi connectivity index (χ1v) is 19.6. The molecule has 3 heteroatoms. The molecule has 0 aliphatic heterocycles. The van der Waals surface area contributed by atoms with E-state index in [1.165, 1.54) is 95.9 Å². The molecule has 1 aliphatic carbocycles. The van der Waals surface area contributed by atoms with Crippen LogP contribution in [-0.4, -0.2) is 0 Å². The number of thiophene rings is 2. The fourth-order valence-electron chi connectivity index (χ4n) is 8.83. The molecule has 2 aromatic heterocycles. The molecule has 0 saturated carbocycles. The van der Waals surface area contributed by atoms with Gasteiger partial charge in [-0.25, -0.2) is 0 Å². The SMILES string of the molecule is CC1(C)c2ccccc2-c2c(N(c3ccc(-c4cccc5c4ccc4sc6ccccc6c45)cc3)c3ccc4c(c3)sc3ccccc34)cccc21. The Morgan fingerprint density at radius 2 is 1.04 bits per heavy atom. The van der Waals surface area contributed by atoms with E-state index >= 15 is 0 Å². The van der Waals surface area contributed by atoms with Crippen molar-refractivity contribution in [1.82, 2.24) is 0 Å². The molecule has 0 N–H and O–H groups in total. The highest BCUT2D eigenvalue weighted by atomic mass is 32.1. The molecule has 0 radical (unpaired) electrons. The van der Waals surface area contributed by atoms with Gasteiger partial charge in [-0.3, -0.25) is 0 Å². The van der Waals surface area contributed by atoms with E-state index in [2.05, 4.69) is 183 Å². The predicted octanol–water partition coefficient (Wildman–Crippen LogP) is 15.0. The number of rotatable bonds is 4. The predicted molar refractivity (Wildman–Crippen MR) is 227 cm³/mol. The third kappa shape index (κ3) is 4.27. The van der Waals surface area contributed by atoms with Gasteiger partial charge in [0.1, 0.15) is 0 Å². The van der Waals surface area contributed by atoms with Gasteiger partial charge in [0.2, 0.25) is 0 Å². The molecule has 2 heterocycles. The maximum absolute atomic E-state index is 2.48. The Balaban J connectivity index is 1.10. The van der Waals surface area contributed by atoms with E-state index < -0.39 is 0 Å². The van der Waals surface area contributed by atoms with Crippen molar-refractivity contribution in [2.75, 3.05) is 4.90 Å². The first kappa shape index (κ1) is 29.9. The summed E-state index contributed by atoms with van der Waals surface area (Å²) in [4.78, 5) is 2.48. The Bertz CT molecular complexity index is 3050. The van der Waals surface area contributed by atoms with Crippen molar-refractivity contribution >= 4 is 90.9 Å². The fraction of sp³-hybridized carbons (Fsp3) is 0.0612. The lowest BCUT2D eigenvalue weighted by Gasteiger charge is -2.29. The second-order valence-corrected chi connectivity index (χ2v) is 16.6. The van der Waals surface area contributed by atoms with E-state index in [9.17, 15) is 0 Å². The van der Waals surface area contributed by atoms with Gasteiger partial charge < -0.3 is 4.90 Å². The van der Waals surface area contributed by atoms with Gasteiger partial charge in [-0.2, -0.15) is 0 Å². The first-order valence-electron chi connectivity index (χ1n) is 17.9. The van der Waals surface area contributed by atoms with Gasteiger partial charge in [0.15, 0.2) is 0 Å². The second kappa shape index (κ2) is 11.1. The highest BCUT2D eigenvalue weighted by molar-refractivity contribution is 7.26. The highest BCUT2D eigenvalue weighted by Crippen LogP contribution is 2.54. The average molecular weight is 700 g/mol. The standard InChI is InChI=1S/C49H33NS2/c1-49(2)40-16-6-3-12-38(40)48-41(49)17-10-18-42(48)50(32-25-26-36-35-11-4-7-19-43(35)52-46(36)29-32)31-23-21-30(22-24-31)33-14-9-15-37-34(33)27-28-45-47(37)39-13-5-8-20-44(39)51-45/h3-29H,1-2H3. The van der Waals surface area contributed by atoms with Crippen molar-refractivity contribution in [3.63, 3.8) is 0 Å². The summed E-state index contributed by atoms with van der Waals surface area (Å²) < 4.78 is 5.31. The van der Waals surface area contributed by atoms with Crippen LogP contribution in [0.1, 0.15) is 25.0 Å². The van der Waals surface area contributed by atoms with E-state index in [4.69, 9.17) is 0 Å². The van der Waals surface area contributed by atoms with Crippen LogP contribution in [0.5, 0.6) is 0 Å². The van der Waals surface area contributed by atoms with Gasteiger partial charge in [-0.1, -0.05) is 129 Å². The van der Waals surface area contributed by atoms with Gasteiger partial charge in [-0.05, 0) is 87.1 Å². The first-order chi connectivity index (χ1) is 25.5. The Morgan fingerprint density at radius 3 is 1.90 bits per heavy atom. The molecular weight excluding hydrogens is 667 g/mol. The third-order valence-corrected chi connectivity index (χ3v) is 13.6. The van der Waals surface area contributed by atoms with E-state index in [0.29, 0.717) is 0 Å². The molecule has 10 aromatic rings. The molecule has 52 heavy (non-hydrogen) atoms. The van der Waals surface area contributed by atoms with Crippen LogP contribution in [0.2, 0.25) is 0 Å². The number of fused-ring (bicyclic) bond motifs is 11. The van der Waals surface area contributed by atoms with E-state index in [1.54, 1.807) is 0 Å². The van der Waals surface area contributed by atoms with Crippen molar-refractivity contribution in [2.24, 2.45) is 0 Å². The summed E-state index contributed by atoms with van der Waals surface area (Å²) in [6.45, 7) is 4.72. The van der Waals surface area contributed by atoms with Crippen LogP contribution < -0.4 is 4.90 Å². The van der Waals surface area contributed by atoms with Gasteiger partial charge in [0.25, 0.3) is 0 Å². The molecule has 1 aliphatic rings. The van der Waals surface area contributed by atoms with Crippen molar-refractivity contribution in [3.8, 4) is 22.3 Å². The quantitative estimate of drug-likeness (QED) is 0.177. The van der Waals surface area contributed by atoms with Gasteiger partial charge >= 0.3 is 0 Å². The largest absolute Gasteiger partial charge is 0.310 e. The number of benzene rings is 8. The smallest absolute Gasteiger partial charge is 0.0543 e. The lowest BCUT2D eigenvalue weighted by molar-refractivity contribution is 0.660. The molecule has 1 nitrogen and oxygen atoms in total. The maximum atomic E-state index is 2.48. The van der Waals surface area contributed by atoms with Crippen LogP contribution in [0, 0.1) is 0 Å². The Kier molecular flexibility index (Phi) is 6.41. The van der Waals surface area contributed by atoms with Crippen LogP contribution in [0.15, 0.2) is 164 Å². The molecule has 0 unspecified atom stereocenters. The van der Waals surface area contributed by atoms with Crippen LogP contribution in [0.25, 0.3) is 73.4 Å². The zero-order chi connectivity index (χ0) is 34.6. The van der Waals surface area contributed by atoms with Crippen LogP contribution in [-0.2, 0) is 5.41 Å². The third-order valence-electron chi connectivity index (χ3n) is 11.3. The second-order valence-electron chi connectivity index (χ2n) is 14.5. The van der Waals surface area contributed by atoms with Crippen LogP contribution in [0.3, 0.4) is 0 Å². The molecule has 0 saturated heterocycles. The molecule has 0 atom stereocenters. The summed E-state index contributed by atoms with van der Waals surface area (Å²) in [7, 11) is 0. The zero-order valence-electron chi connectivity index (χ0n) is 28.9. The summed E-state index contributed by atoms with van der Waals surface area (Å²) in [5.41, 5.74) is 11.3. The highest BCUT2D eigenvalue weighted by Gasteiger charge is 2.37.